The highest BCUT2D eigenvalue weighted by molar-refractivity contribution is 7.90. The molecule has 1 heterocycles. The lowest BCUT2D eigenvalue weighted by atomic mass is 9.96. The molecule has 1 N–H and O–H groups in total. The van der Waals surface area contributed by atoms with Crippen LogP contribution in [0, 0.1) is 11.7 Å². The van der Waals surface area contributed by atoms with Crippen LogP contribution in [0.2, 0.25) is 0 Å². The molecule has 4 nitrogen and oxygen atoms in total. The summed E-state index contributed by atoms with van der Waals surface area (Å²) in [5, 5.41) is -1.12. The fraction of sp³-hybridized carbons (Fsp3) is 0.417. The van der Waals surface area contributed by atoms with Crippen LogP contribution in [0.1, 0.15) is 42.9 Å². The van der Waals surface area contributed by atoms with E-state index in [1.54, 1.807) is 4.72 Å². The van der Waals surface area contributed by atoms with Gasteiger partial charge in [0.1, 0.15) is 11.9 Å². The molecule has 0 saturated heterocycles. The first-order valence-corrected chi connectivity index (χ1v) is 12.9. The van der Waals surface area contributed by atoms with Crippen molar-refractivity contribution in [2.45, 2.75) is 55.9 Å². The molecule has 1 aromatic heterocycles. The van der Waals surface area contributed by atoms with E-state index in [-0.39, 0.29) is 36.2 Å². The van der Waals surface area contributed by atoms with Crippen molar-refractivity contribution in [1.29, 1.82) is 0 Å². The van der Waals surface area contributed by atoms with Crippen LogP contribution >= 0.6 is 0 Å². The average Bonchev–Trinajstić information content (AvgIpc) is 3.68. The molecule has 0 spiro atoms. The summed E-state index contributed by atoms with van der Waals surface area (Å²) in [6, 6.07) is 3.64. The summed E-state index contributed by atoms with van der Waals surface area (Å²) < 4.78 is 126. The summed E-state index contributed by atoms with van der Waals surface area (Å²) in [7, 11) is -4.27. The molecule has 2 fully saturated rings. The van der Waals surface area contributed by atoms with Crippen LogP contribution in [0.4, 0.5) is 30.7 Å². The highest BCUT2D eigenvalue weighted by Crippen LogP contribution is 2.44. The molecule has 1 atom stereocenters. The molecule has 0 radical (unpaired) electrons. The van der Waals surface area contributed by atoms with Crippen LogP contribution in [0.5, 0.6) is 0 Å². The van der Waals surface area contributed by atoms with E-state index in [1.807, 2.05) is 0 Å². The second-order valence-corrected chi connectivity index (χ2v) is 11.4. The minimum Gasteiger partial charge on any atom is -0.347 e. The van der Waals surface area contributed by atoms with Crippen molar-refractivity contribution in [3.05, 3.63) is 59.5 Å². The maximum absolute atomic E-state index is 15.3. The van der Waals surface area contributed by atoms with Gasteiger partial charge in [0.25, 0.3) is 0 Å². The molecular formula is C24H21F7N2O2S. The minimum absolute atomic E-state index is 0.102. The van der Waals surface area contributed by atoms with Gasteiger partial charge in [0.2, 0.25) is 10.0 Å². The van der Waals surface area contributed by atoms with Gasteiger partial charge in [-0.3, -0.25) is 0 Å². The van der Waals surface area contributed by atoms with Crippen LogP contribution in [0.3, 0.4) is 0 Å². The zero-order valence-corrected chi connectivity index (χ0v) is 19.4. The van der Waals surface area contributed by atoms with Gasteiger partial charge in [0.05, 0.1) is 10.8 Å². The first-order chi connectivity index (χ1) is 16.8. The van der Waals surface area contributed by atoms with Crippen molar-refractivity contribution in [2.24, 2.45) is 5.92 Å². The Balaban J connectivity index is 1.69. The van der Waals surface area contributed by atoms with E-state index in [0.29, 0.717) is 0 Å². The Morgan fingerprint density at radius 3 is 2.22 bits per heavy atom. The number of alkyl halides is 6. The van der Waals surface area contributed by atoms with Crippen molar-refractivity contribution in [1.82, 2.24) is 9.29 Å². The van der Waals surface area contributed by atoms with Crippen LogP contribution in [0.15, 0.2) is 42.6 Å². The maximum Gasteiger partial charge on any atom is 0.417 e. The molecule has 36 heavy (non-hydrogen) atoms. The van der Waals surface area contributed by atoms with Crippen molar-refractivity contribution in [3.63, 3.8) is 0 Å². The molecule has 12 heteroatoms. The highest BCUT2D eigenvalue weighted by Gasteiger charge is 2.48. The van der Waals surface area contributed by atoms with Gasteiger partial charge in [-0.25, -0.2) is 12.8 Å². The molecule has 2 aliphatic carbocycles. The number of halogens is 7. The quantitative estimate of drug-likeness (QED) is 0.349. The Labute approximate surface area is 202 Å². The van der Waals surface area contributed by atoms with Gasteiger partial charge in [-0.15, -0.1) is 0 Å². The van der Waals surface area contributed by atoms with E-state index in [2.05, 4.69) is 0 Å². The lowest BCUT2D eigenvalue weighted by molar-refractivity contribution is -0.152. The average molecular weight is 534 g/mol. The smallest absolute Gasteiger partial charge is 0.347 e. The Morgan fingerprint density at radius 1 is 0.972 bits per heavy atom. The number of rotatable bonds is 7. The van der Waals surface area contributed by atoms with Gasteiger partial charge in [-0.05, 0) is 55.4 Å². The fourth-order valence-electron chi connectivity index (χ4n) is 4.41. The van der Waals surface area contributed by atoms with E-state index < -0.39 is 61.7 Å². The topological polar surface area (TPSA) is 51.1 Å². The van der Waals surface area contributed by atoms with E-state index >= 15 is 4.39 Å². The van der Waals surface area contributed by atoms with Crippen molar-refractivity contribution in [2.75, 3.05) is 0 Å². The zero-order valence-electron chi connectivity index (χ0n) is 18.6. The summed E-state index contributed by atoms with van der Waals surface area (Å²) in [4.78, 5) is 0. The summed E-state index contributed by atoms with van der Waals surface area (Å²) in [5.74, 6) is -0.979. The number of hydrogen-bond acceptors (Lipinski definition) is 2. The second kappa shape index (κ2) is 8.47. The molecule has 0 unspecified atom stereocenters. The summed E-state index contributed by atoms with van der Waals surface area (Å²) >= 11 is 0. The lowest BCUT2D eigenvalue weighted by Crippen LogP contribution is -2.39. The molecular weight excluding hydrogens is 513 g/mol. The summed E-state index contributed by atoms with van der Waals surface area (Å²) in [5.41, 5.74) is -2.30. The number of nitrogens with one attached hydrogen (secondary N) is 1. The molecule has 194 valence electrons. The maximum atomic E-state index is 15.3. The monoisotopic (exact) mass is 534 g/mol. The zero-order chi connectivity index (χ0) is 26.0. The molecule has 3 aromatic rings. The third-order valence-electron chi connectivity index (χ3n) is 6.56. The van der Waals surface area contributed by atoms with Gasteiger partial charge >= 0.3 is 12.4 Å². The van der Waals surface area contributed by atoms with Crippen LogP contribution in [-0.2, 0) is 22.7 Å². The molecule has 2 aliphatic rings. The van der Waals surface area contributed by atoms with Gasteiger partial charge in [-0.2, -0.15) is 31.1 Å². The number of nitrogens with zero attached hydrogens (tertiary/aromatic N) is 1. The van der Waals surface area contributed by atoms with Crippen LogP contribution in [-0.4, -0.2) is 24.4 Å². The fourth-order valence-corrected chi connectivity index (χ4v) is 5.95. The SMILES string of the molecule is O=S(=O)(N[C@@H](c1cn(CC2CC2)c2cc(-c3ccccc3C(F)(F)F)c(F)cc12)C(F)(F)F)C1CC1. The van der Waals surface area contributed by atoms with Crippen molar-refractivity contribution in [3.8, 4) is 11.1 Å². The number of fused-ring (bicyclic) bond motifs is 1. The molecule has 0 bridgehead atoms. The first kappa shape index (κ1) is 25.1. The van der Waals surface area contributed by atoms with E-state index in [9.17, 15) is 34.8 Å². The van der Waals surface area contributed by atoms with Crippen LogP contribution in [0.25, 0.3) is 22.0 Å². The Kier molecular flexibility index (Phi) is 5.90. The number of sulfonamides is 1. The second-order valence-electron chi connectivity index (χ2n) is 9.41. The predicted octanol–water partition coefficient (Wildman–Crippen LogP) is 6.56. The standard InChI is InChI=1S/C24H21F7N2O2S/c25-20-9-17-18(22(24(29,30)31)32-36(34,35)14-7-8-14)12-33(11-13-5-6-13)21(17)10-16(20)15-3-1-2-4-19(15)23(26,27)28/h1-4,9-10,12-14,22,32H,5-8,11H2/t22-/m0/s1. The van der Waals surface area contributed by atoms with Crippen molar-refractivity contribution < 1.29 is 39.2 Å². The molecule has 2 saturated carbocycles. The lowest BCUT2D eigenvalue weighted by Gasteiger charge is -2.21. The number of hydrogen-bond donors (Lipinski definition) is 1. The molecule has 5 rings (SSSR count). The minimum atomic E-state index is -5.03. The number of benzene rings is 2. The van der Waals surface area contributed by atoms with Gasteiger partial charge < -0.3 is 4.57 Å². The third kappa shape index (κ3) is 4.84. The predicted molar refractivity (Wildman–Crippen MR) is 119 cm³/mol. The Morgan fingerprint density at radius 2 is 1.64 bits per heavy atom. The first-order valence-electron chi connectivity index (χ1n) is 11.3. The normalized spacial score (nSPS) is 18.1. The molecule has 0 aliphatic heterocycles. The van der Waals surface area contributed by atoms with Gasteiger partial charge in [0, 0.05) is 34.8 Å². The summed E-state index contributed by atoms with van der Waals surface area (Å²) in [6.45, 7) is 0.280. The molecule has 0 amide bonds. The van der Waals surface area contributed by atoms with E-state index in [0.717, 1.165) is 49.4 Å². The van der Waals surface area contributed by atoms with Gasteiger partial charge in [0.15, 0.2) is 0 Å². The Bertz CT molecular complexity index is 1420. The van der Waals surface area contributed by atoms with E-state index in [1.165, 1.54) is 10.6 Å². The van der Waals surface area contributed by atoms with Gasteiger partial charge in [-0.1, -0.05) is 18.2 Å². The third-order valence-corrected chi connectivity index (χ3v) is 8.47. The largest absolute Gasteiger partial charge is 0.417 e. The molecule has 2 aromatic carbocycles. The van der Waals surface area contributed by atoms with Crippen molar-refractivity contribution >= 4 is 20.9 Å². The van der Waals surface area contributed by atoms with Crippen LogP contribution < -0.4 is 4.72 Å². The number of aromatic nitrogens is 1. The van der Waals surface area contributed by atoms with E-state index in [4.69, 9.17) is 0 Å². The highest BCUT2D eigenvalue weighted by atomic mass is 32.2. The Hall–Kier alpha value is -2.60. The summed E-state index contributed by atoms with van der Waals surface area (Å²) in [6.07, 6.45) is -6.51.